The molecule has 0 saturated heterocycles. The van der Waals surface area contributed by atoms with Gasteiger partial charge in [0.15, 0.2) is 0 Å². The summed E-state index contributed by atoms with van der Waals surface area (Å²) in [5.74, 6) is -0.139. The van der Waals surface area contributed by atoms with E-state index in [1.807, 2.05) is 30.3 Å². The molecule has 2 aliphatic carbocycles. The number of hydrogen-bond donors (Lipinski definition) is 1. The van der Waals surface area contributed by atoms with Crippen molar-refractivity contribution in [3.05, 3.63) is 58.1 Å². The fraction of sp³-hybridized carbons (Fsp3) is 0.583. The quantitative estimate of drug-likeness (QED) is 0.640. The number of hydrogen-bond acceptors (Lipinski definition) is 4. The van der Waals surface area contributed by atoms with Crippen molar-refractivity contribution in [1.29, 1.82) is 0 Å². The minimum absolute atomic E-state index is 0.212. The highest BCUT2D eigenvalue weighted by Crippen LogP contribution is 2.43. The molecule has 5 rings (SSSR count). The van der Waals surface area contributed by atoms with Gasteiger partial charge in [-0.05, 0) is 75.1 Å². The third-order valence-corrected chi connectivity index (χ3v) is 7.00. The van der Waals surface area contributed by atoms with Crippen molar-refractivity contribution in [2.75, 3.05) is 13.1 Å². The van der Waals surface area contributed by atoms with E-state index >= 15 is 0 Å². The van der Waals surface area contributed by atoms with Crippen molar-refractivity contribution in [1.82, 2.24) is 14.9 Å². The summed E-state index contributed by atoms with van der Waals surface area (Å²) in [7, 11) is 0. The summed E-state index contributed by atoms with van der Waals surface area (Å²) in [6.07, 6.45) is 2.62. The predicted molar refractivity (Wildman–Crippen MR) is 119 cm³/mol. The zero-order valence-electron chi connectivity index (χ0n) is 18.1. The van der Waals surface area contributed by atoms with Crippen molar-refractivity contribution in [3.8, 4) is 0 Å². The summed E-state index contributed by atoms with van der Waals surface area (Å²) < 4.78 is 39.6. The van der Waals surface area contributed by atoms with Crippen molar-refractivity contribution in [2.45, 2.75) is 69.6 Å². The first-order valence-corrected chi connectivity index (χ1v) is 11.8. The Bertz CT molecular complexity index is 894. The lowest BCUT2D eigenvalue weighted by Gasteiger charge is -2.39. The van der Waals surface area contributed by atoms with Gasteiger partial charge in [0.2, 0.25) is 5.82 Å². The standard InChI is InChI=1S/C18H25F3N4.C6H5Cl/c19-18(20,21)17-23-15-10-25(13-5-1-11(9-22)2-6-13)8-7-14(15)16(24-17)12-3-4-12;7-6-4-2-1-3-5-6/h11-13H,1-10,22H2;1-5H. The smallest absolute Gasteiger partial charge is 0.330 e. The van der Waals surface area contributed by atoms with Crippen molar-refractivity contribution >= 4 is 11.6 Å². The Labute approximate surface area is 192 Å². The highest BCUT2D eigenvalue weighted by Gasteiger charge is 2.40. The lowest BCUT2D eigenvalue weighted by atomic mass is 9.84. The van der Waals surface area contributed by atoms with Crippen LogP contribution in [0.1, 0.15) is 67.2 Å². The molecule has 174 valence electrons. The monoisotopic (exact) mass is 466 g/mol. The van der Waals surface area contributed by atoms with Gasteiger partial charge in [-0.15, -0.1) is 0 Å². The molecule has 3 aliphatic rings. The maximum Gasteiger partial charge on any atom is 0.451 e. The summed E-state index contributed by atoms with van der Waals surface area (Å²) in [5.41, 5.74) is 8.03. The largest absolute Gasteiger partial charge is 0.451 e. The van der Waals surface area contributed by atoms with E-state index in [0.29, 0.717) is 29.9 Å². The predicted octanol–water partition coefficient (Wildman–Crippen LogP) is 5.59. The lowest BCUT2D eigenvalue weighted by Crippen LogP contribution is -2.42. The van der Waals surface area contributed by atoms with Crippen molar-refractivity contribution in [3.63, 3.8) is 0 Å². The van der Waals surface area contributed by atoms with E-state index in [2.05, 4.69) is 14.9 Å². The normalized spacial score (nSPS) is 23.8. The molecule has 4 nitrogen and oxygen atoms in total. The summed E-state index contributed by atoms with van der Waals surface area (Å²) in [6.45, 7) is 2.17. The topological polar surface area (TPSA) is 55.0 Å². The molecule has 0 spiro atoms. The van der Waals surface area contributed by atoms with Gasteiger partial charge in [0.1, 0.15) is 0 Å². The summed E-state index contributed by atoms with van der Waals surface area (Å²) >= 11 is 5.54. The fourth-order valence-electron chi connectivity index (χ4n) is 4.77. The number of nitrogens with two attached hydrogens (primary N) is 1. The molecule has 2 fully saturated rings. The van der Waals surface area contributed by atoms with Gasteiger partial charge in [-0.2, -0.15) is 13.2 Å². The van der Waals surface area contributed by atoms with Gasteiger partial charge in [-0.3, -0.25) is 4.90 Å². The SMILES string of the molecule is Clc1ccccc1.NCC1CCC(N2CCc3c(nc(C(F)(F)F)nc3C3CC3)C2)CC1. The second kappa shape index (κ2) is 10.1. The Morgan fingerprint density at radius 1 is 1.00 bits per heavy atom. The molecule has 32 heavy (non-hydrogen) atoms. The van der Waals surface area contributed by atoms with Crippen LogP contribution in [0.15, 0.2) is 30.3 Å². The Kier molecular flexibility index (Phi) is 7.37. The molecular weight excluding hydrogens is 437 g/mol. The third kappa shape index (κ3) is 5.80. The van der Waals surface area contributed by atoms with Crippen LogP contribution in [-0.2, 0) is 19.1 Å². The van der Waals surface area contributed by atoms with Crippen LogP contribution in [0.3, 0.4) is 0 Å². The molecule has 0 radical (unpaired) electrons. The highest BCUT2D eigenvalue weighted by molar-refractivity contribution is 6.30. The van der Waals surface area contributed by atoms with Crippen LogP contribution >= 0.6 is 11.6 Å². The van der Waals surface area contributed by atoms with Gasteiger partial charge in [0, 0.05) is 30.1 Å². The van der Waals surface area contributed by atoms with Crippen LogP contribution < -0.4 is 5.73 Å². The second-order valence-corrected chi connectivity index (χ2v) is 9.49. The Morgan fingerprint density at radius 2 is 1.69 bits per heavy atom. The summed E-state index contributed by atoms with van der Waals surface area (Å²) in [6, 6.07) is 9.89. The molecular formula is C24H30ClF3N4. The molecule has 0 unspecified atom stereocenters. The second-order valence-electron chi connectivity index (χ2n) is 9.06. The summed E-state index contributed by atoms with van der Waals surface area (Å²) in [5, 5.41) is 0.794. The molecule has 2 heterocycles. The minimum atomic E-state index is -4.47. The number of benzene rings is 1. The minimum Gasteiger partial charge on any atom is -0.330 e. The lowest BCUT2D eigenvalue weighted by molar-refractivity contribution is -0.145. The molecule has 1 aromatic heterocycles. The van der Waals surface area contributed by atoms with Gasteiger partial charge in [-0.1, -0.05) is 29.8 Å². The van der Waals surface area contributed by atoms with Crippen molar-refractivity contribution in [2.24, 2.45) is 11.7 Å². The van der Waals surface area contributed by atoms with Gasteiger partial charge in [0.05, 0.1) is 11.4 Å². The molecule has 0 amide bonds. The van der Waals surface area contributed by atoms with E-state index in [-0.39, 0.29) is 5.92 Å². The van der Waals surface area contributed by atoms with Gasteiger partial charge in [0.25, 0.3) is 0 Å². The average molecular weight is 467 g/mol. The van der Waals surface area contributed by atoms with Gasteiger partial charge < -0.3 is 5.73 Å². The molecule has 0 bridgehead atoms. The molecule has 0 atom stereocenters. The van der Waals surface area contributed by atoms with Crippen LogP contribution in [0.2, 0.25) is 5.02 Å². The molecule has 2 saturated carbocycles. The maximum absolute atomic E-state index is 13.2. The van der Waals surface area contributed by atoms with Crippen LogP contribution in [0.5, 0.6) is 0 Å². The zero-order valence-corrected chi connectivity index (χ0v) is 18.9. The van der Waals surface area contributed by atoms with E-state index in [4.69, 9.17) is 17.3 Å². The van der Waals surface area contributed by atoms with E-state index in [1.165, 1.54) is 0 Å². The molecule has 2 N–H and O–H groups in total. The van der Waals surface area contributed by atoms with Crippen LogP contribution in [0.4, 0.5) is 13.2 Å². The Balaban J connectivity index is 0.000000300. The van der Waals surface area contributed by atoms with E-state index in [1.54, 1.807) is 0 Å². The number of alkyl halides is 3. The highest BCUT2D eigenvalue weighted by atomic mass is 35.5. The Morgan fingerprint density at radius 3 is 2.22 bits per heavy atom. The zero-order chi connectivity index (χ0) is 22.7. The molecule has 1 aromatic carbocycles. The molecule has 1 aliphatic heterocycles. The van der Waals surface area contributed by atoms with Gasteiger partial charge in [-0.25, -0.2) is 9.97 Å². The van der Waals surface area contributed by atoms with E-state index in [9.17, 15) is 13.2 Å². The third-order valence-electron chi connectivity index (χ3n) is 6.74. The maximum atomic E-state index is 13.2. The summed E-state index contributed by atoms with van der Waals surface area (Å²) in [4.78, 5) is 10.2. The van der Waals surface area contributed by atoms with Crippen LogP contribution in [0, 0.1) is 5.92 Å². The first-order chi connectivity index (χ1) is 15.3. The van der Waals surface area contributed by atoms with E-state index < -0.39 is 12.0 Å². The van der Waals surface area contributed by atoms with Gasteiger partial charge >= 0.3 is 6.18 Å². The molecule has 2 aromatic rings. The first-order valence-electron chi connectivity index (χ1n) is 11.5. The van der Waals surface area contributed by atoms with Crippen LogP contribution in [0.25, 0.3) is 0 Å². The average Bonchev–Trinajstić information content (AvgIpc) is 3.64. The number of halogens is 4. The molecule has 8 heteroatoms. The van der Waals surface area contributed by atoms with Crippen LogP contribution in [-0.4, -0.2) is 34.0 Å². The van der Waals surface area contributed by atoms with E-state index in [0.717, 1.165) is 68.6 Å². The Hall–Kier alpha value is -1.70. The fourth-order valence-corrected chi connectivity index (χ4v) is 4.92. The first kappa shape index (κ1) is 23.5. The number of aromatic nitrogens is 2. The number of rotatable bonds is 3. The van der Waals surface area contributed by atoms with Crippen molar-refractivity contribution < 1.29 is 13.2 Å². The number of fused-ring (bicyclic) bond motifs is 1. The number of nitrogens with zero attached hydrogens (tertiary/aromatic N) is 3.